The molecule has 0 unspecified atom stereocenters. The van der Waals surface area contributed by atoms with Crippen LogP contribution in [0.25, 0.3) is 11.3 Å². The number of oxime groups is 1. The van der Waals surface area contributed by atoms with E-state index in [0.717, 1.165) is 11.3 Å². The van der Waals surface area contributed by atoms with Crippen molar-refractivity contribution in [2.75, 3.05) is 0 Å². The van der Waals surface area contributed by atoms with Crippen molar-refractivity contribution >= 4 is 5.90 Å². The number of alkyl halides is 3. The first-order chi connectivity index (χ1) is 14.0. The minimum absolute atomic E-state index is 0.291. The molecule has 0 aliphatic carbocycles. The maximum Gasteiger partial charge on any atom is 0.573 e. The van der Waals surface area contributed by atoms with Gasteiger partial charge >= 0.3 is 6.36 Å². The number of nitrogens with zero attached hydrogens (tertiary/aromatic N) is 2. The van der Waals surface area contributed by atoms with Gasteiger partial charge in [-0.15, -0.1) is 13.2 Å². The topological polar surface area (TPSA) is 52.9 Å². The molecule has 1 aliphatic heterocycles. The van der Waals surface area contributed by atoms with Crippen molar-refractivity contribution in [2.45, 2.75) is 18.9 Å². The molecule has 0 amide bonds. The molecule has 1 aliphatic rings. The molecule has 0 radical (unpaired) electrons. The fourth-order valence-corrected chi connectivity index (χ4v) is 2.84. The number of hydrogen-bond donors (Lipinski definition) is 0. The van der Waals surface area contributed by atoms with Crippen LogP contribution in [0.1, 0.15) is 18.1 Å². The van der Waals surface area contributed by atoms with Crippen LogP contribution in [-0.2, 0) is 4.84 Å². The van der Waals surface area contributed by atoms with Crippen molar-refractivity contribution < 1.29 is 27.5 Å². The summed E-state index contributed by atoms with van der Waals surface area (Å²) in [5.41, 5.74) is 2.49. The summed E-state index contributed by atoms with van der Waals surface area (Å²) in [6.07, 6.45) is -3.22. The van der Waals surface area contributed by atoms with Gasteiger partial charge in [0.15, 0.2) is 6.10 Å². The van der Waals surface area contributed by atoms with Crippen LogP contribution in [0.3, 0.4) is 0 Å². The van der Waals surface area contributed by atoms with E-state index < -0.39 is 12.5 Å². The first kappa shape index (κ1) is 18.8. The molecule has 2 heterocycles. The van der Waals surface area contributed by atoms with Crippen LogP contribution >= 0.6 is 0 Å². The first-order valence-corrected chi connectivity index (χ1v) is 8.74. The van der Waals surface area contributed by atoms with E-state index in [4.69, 9.17) is 9.57 Å². The number of benzene rings is 2. The number of ether oxygens (including phenoxy) is 2. The Morgan fingerprint density at radius 3 is 2.28 bits per heavy atom. The van der Waals surface area contributed by atoms with Gasteiger partial charge < -0.3 is 14.3 Å². The van der Waals surface area contributed by atoms with Gasteiger partial charge in [-0.3, -0.25) is 4.98 Å². The average molecular weight is 400 g/mol. The number of rotatable bonds is 4. The van der Waals surface area contributed by atoms with Gasteiger partial charge in [-0.25, -0.2) is 0 Å². The number of halogens is 3. The molecule has 3 aromatic rings. The molecule has 0 bridgehead atoms. The van der Waals surface area contributed by atoms with Gasteiger partial charge in [-0.05, 0) is 29.8 Å². The Labute approximate surface area is 164 Å². The van der Waals surface area contributed by atoms with E-state index in [2.05, 4.69) is 14.9 Å². The second kappa shape index (κ2) is 7.83. The van der Waals surface area contributed by atoms with Crippen LogP contribution in [0, 0.1) is 0 Å². The third-order valence-electron chi connectivity index (χ3n) is 4.17. The van der Waals surface area contributed by atoms with Gasteiger partial charge in [0, 0.05) is 5.56 Å². The number of hydrogen-bond acceptors (Lipinski definition) is 5. The van der Waals surface area contributed by atoms with Crippen LogP contribution in [0.4, 0.5) is 13.2 Å². The molecule has 1 aromatic heterocycles. The van der Waals surface area contributed by atoms with Crippen LogP contribution in [-0.4, -0.2) is 17.2 Å². The molecule has 0 saturated carbocycles. The second-order valence-corrected chi connectivity index (χ2v) is 6.25. The van der Waals surface area contributed by atoms with Gasteiger partial charge in [-0.2, -0.15) is 0 Å². The summed E-state index contributed by atoms with van der Waals surface area (Å²) in [6, 6.07) is 18.8. The minimum Gasteiger partial charge on any atom is -0.438 e. The molecule has 0 spiro atoms. The van der Waals surface area contributed by atoms with E-state index in [9.17, 15) is 13.2 Å². The highest BCUT2D eigenvalue weighted by Crippen LogP contribution is 2.31. The predicted octanol–water partition coefficient (Wildman–Crippen LogP) is 5.50. The highest BCUT2D eigenvalue weighted by molar-refractivity contribution is 5.80. The molecule has 8 heteroatoms. The van der Waals surface area contributed by atoms with Crippen molar-refractivity contribution in [3.05, 3.63) is 78.5 Å². The van der Waals surface area contributed by atoms with E-state index in [0.29, 0.717) is 23.6 Å². The molecule has 0 fully saturated rings. The van der Waals surface area contributed by atoms with Gasteiger partial charge in [-0.1, -0.05) is 47.6 Å². The first-order valence-electron chi connectivity index (χ1n) is 8.74. The van der Waals surface area contributed by atoms with Crippen molar-refractivity contribution in [2.24, 2.45) is 5.16 Å². The molecule has 29 heavy (non-hydrogen) atoms. The van der Waals surface area contributed by atoms with Gasteiger partial charge in [0.25, 0.3) is 0 Å². The van der Waals surface area contributed by atoms with Gasteiger partial charge in [0.05, 0.1) is 18.3 Å². The molecule has 0 N–H and O–H groups in total. The molecular formula is C21H15F3N2O3. The predicted molar refractivity (Wildman–Crippen MR) is 99.3 cm³/mol. The zero-order valence-electron chi connectivity index (χ0n) is 15.0. The van der Waals surface area contributed by atoms with E-state index in [1.807, 2.05) is 36.4 Å². The quantitative estimate of drug-likeness (QED) is 0.580. The van der Waals surface area contributed by atoms with E-state index >= 15 is 0 Å². The van der Waals surface area contributed by atoms with E-state index in [-0.39, 0.29) is 5.75 Å². The summed E-state index contributed by atoms with van der Waals surface area (Å²) in [6.45, 7) is 0. The average Bonchev–Trinajstić information content (AvgIpc) is 3.17. The van der Waals surface area contributed by atoms with Crippen molar-refractivity contribution in [1.29, 1.82) is 0 Å². The Balaban J connectivity index is 1.35. The Hall–Kier alpha value is -3.55. The van der Waals surface area contributed by atoms with Gasteiger partial charge in [0.1, 0.15) is 11.5 Å². The number of pyridine rings is 1. The highest BCUT2D eigenvalue weighted by atomic mass is 19.4. The van der Waals surface area contributed by atoms with Crippen LogP contribution in [0.5, 0.6) is 11.5 Å². The lowest BCUT2D eigenvalue weighted by Gasteiger charge is -2.11. The summed E-state index contributed by atoms with van der Waals surface area (Å²) >= 11 is 0. The SMILES string of the molecule is FC(F)(F)Oc1ccc([C@@H]2CC(Oc3ccc(-c4ccccc4)nc3)=NO2)cc1. The van der Waals surface area contributed by atoms with E-state index in [1.165, 1.54) is 24.3 Å². The van der Waals surface area contributed by atoms with Crippen LogP contribution in [0.15, 0.2) is 78.1 Å². The summed E-state index contributed by atoms with van der Waals surface area (Å²) in [4.78, 5) is 9.72. The lowest BCUT2D eigenvalue weighted by atomic mass is 10.1. The van der Waals surface area contributed by atoms with Crippen LogP contribution < -0.4 is 9.47 Å². The van der Waals surface area contributed by atoms with Crippen molar-refractivity contribution in [3.63, 3.8) is 0 Å². The summed E-state index contributed by atoms with van der Waals surface area (Å²) < 4.78 is 46.3. The van der Waals surface area contributed by atoms with Crippen molar-refractivity contribution in [1.82, 2.24) is 4.98 Å². The zero-order chi connectivity index (χ0) is 20.3. The van der Waals surface area contributed by atoms with Gasteiger partial charge in [0.2, 0.25) is 5.90 Å². The lowest BCUT2D eigenvalue weighted by Crippen LogP contribution is -2.17. The number of aromatic nitrogens is 1. The monoisotopic (exact) mass is 400 g/mol. The summed E-state index contributed by atoms with van der Waals surface area (Å²) in [7, 11) is 0. The fraction of sp³-hybridized carbons (Fsp3) is 0.143. The maximum atomic E-state index is 12.2. The summed E-state index contributed by atoms with van der Waals surface area (Å²) in [5, 5.41) is 3.91. The Morgan fingerprint density at radius 1 is 0.897 bits per heavy atom. The summed E-state index contributed by atoms with van der Waals surface area (Å²) in [5.74, 6) is 0.586. The van der Waals surface area contributed by atoms with Crippen molar-refractivity contribution in [3.8, 4) is 22.8 Å². The fourth-order valence-electron chi connectivity index (χ4n) is 2.84. The zero-order valence-corrected chi connectivity index (χ0v) is 15.0. The maximum absolute atomic E-state index is 12.2. The standard InChI is InChI=1S/C21H15F3N2O3/c22-21(23,24)28-16-8-6-15(7-9-16)19-12-20(26-29-19)27-17-10-11-18(25-13-17)14-4-2-1-3-5-14/h1-11,13,19H,12H2/t19-/m0/s1. The smallest absolute Gasteiger partial charge is 0.438 e. The van der Waals surface area contributed by atoms with E-state index in [1.54, 1.807) is 12.3 Å². The molecule has 5 nitrogen and oxygen atoms in total. The molecule has 2 aromatic carbocycles. The highest BCUT2D eigenvalue weighted by Gasteiger charge is 2.31. The third kappa shape index (κ3) is 4.84. The lowest BCUT2D eigenvalue weighted by molar-refractivity contribution is -0.274. The molecule has 148 valence electrons. The molecule has 4 rings (SSSR count). The normalized spacial score (nSPS) is 16.1. The second-order valence-electron chi connectivity index (χ2n) is 6.25. The Bertz CT molecular complexity index is 988. The molecular weight excluding hydrogens is 385 g/mol. The Morgan fingerprint density at radius 2 is 1.62 bits per heavy atom. The third-order valence-corrected chi connectivity index (χ3v) is 4.17. The minimum atomic E-state index is -4.72. The van der Waals surface area contributed by atoms with Crippen LogP contribution in [0.2, 0.25) is 0 Å². The molecule has 0 saturated heterocycles. The Kier molecular flexibility index (Phi) is 5.07. The molecule has 1 atom stereocenters. The largest absolute Gasteiger partial charge is 0.573 e.